The molecule has 12 rings (SSSR count). The summed E-state index contributed by atoms with van der Waals surface area (Å²) in [5.41, 5.74) is 27.8. The second-order valence-electron chi connectivity index (χ2n) is 26.6. The van der Waals surface area contributed by atoms with Crippen LogP contribution in [0.3, 0.4) is 0 Å². The molecular formula is C74H75BN2. The molecule has 0 unspecified atom stereocenters. The van der Waals surface area contributed by atoms with Crippen molar-refractivity contribution in [2.75, 3.05) is 9.80 Å². The van der Waals surface area contributed by atoms with E-state index in [9.17, 15) is 0 Å². The molecule has 1 aliphatic carbocycles. The Balaban J connectivity index is 1.20. The first-order valence-corrected chi connectivity index (χ1v) is 28.2. The molecule has 77 heavy (non-hydrogen) atoms. The van der Waals surface area contributed by atoms with Crippen molar-refractivity contribution in [2.45, 2.75) is 130 Å². The van der Waals surface area contributed by atoms with E-state index in [4.69, 9.17) is 0 Å². The molecule has 0 fully saturated rings. The average Bonchev–Trinajstić information content (AvgIpc) is 3.46. The topological polar surface area (TPSA) is 6.48 Å². The number of anilines is 6. The zero-order chi connectivity index (χ0) is 54.0. The number of hydrogen-bond acceptors (Lipinski definition) is 2. The number of benzene rings is 9. The lowest BCUT2D eigenvalue weighted by atomic mass is 9.33. The number of aryl methyl sites for hydroxylation is 1. The van der Waals surface area contributed by atoms with E-state index < -0.39 is 0 Å². The Morgan fingerprint density at radius 2 is 0.883 bits per heavy atom. The Hall–Kier alpha value is -7.36. The smallest absolute Gasteiger partial charge is 0.252 e. The minimum atomic E-state index is -0.239. The minimum Gasteiger partial charge on any atom is -0.311 e. The monoisotopic (exact) mass is 1000 g/mol. The van der Waals surface area contributed by atoms with Gasteiger partial charge in [0.2, 0.25) is 0 Å². The summed E-state index contributed by atoms with van der Waals surface area (Å²) >= 11 is 0. The molecule has 0 spiro atoms. The van der Waals surface area contributed by atoms with Crippen LogP contribution in [0, 0.1) is 6.92 Å². The number of fused-ring (bicyclic) bond motifs is 5. The summed E-state index contributed by atoms with van der Waals surface area (Å²) in [6.45, 7) is 31.1. The molecule has 2 nitrogen and oxygen atoms in total. The zero-order valence-electron chi connectivity index (χ0n) is 47.9. The van der Waals surface area contributed by atoms with E-state index in [2.05, 4.69) is 294 Å². The molecule has 384 valence electrons. The van der Waals surface area contributed by atoms with Gasteiger partial charge in [-0.2, -0.15) is 0 Å². The van der Waals surface area contributed by atoms with Crippen molar-refractivity contribution in [1.29, 1.82) is 0 Å². The van der Waals surface area contributed by atoms with Gasteiger partial charge in [0, 0.05) is 39.4 Å². The van der Waals surface area contributed by atoms with Crippen LogP contribution >= 0.6 is 0 Å². The van der Waals surface area contributed by atoms with E-state index in [1.807, 2.05) is 0 Å². The maximum absolute atomic E-state index is 2.70. The van der Waals surface area contributed by atoms with Gasteiger partial charge in [0.25, 0.3) is 6.71 Å². The molecule has 2 heterocycles. The predicted molar refractivity (Wildman–Crippen MR) is 333 cm³/mol. The third-order valence-electron chi connectivity index (χ3n) is 17.9. The van der Waals surface area contributed by atoms with Crippen molar-refractivity contribution in [3.63, 3.8) is 0 Å². The summed E-state index contributed by atoms with van der Waals surface area (Å²) in [5.74, 6) is 0. The van der Waals surface area contributed by atoms with E-state index >= 15 is 0 Å². The molecule has 0 aromatic heterocycles. The maximum atomic E-state index is 2.70. The van der Waals surface area contributed by atoms with Crippen LogP contribution in [-0.2, 0) is 27.1 Å². The Morgan fingerprint density at radius 3 is 1.48 bits per heavy atom. The summed E-state index contributed by atoms with van der Waals surface area (Å²) in [7, 11) is 0. The summed E-state index contributed by atoms with van der Waals surface area (Å²) in [4.78, 5) is 5.33. The van der Waals surface area contributed by atoms with E-state index in [-0.39, 0.29) is 33.8 Å². The van der Waals surface area contributed by atoms with Crippen LogP contribution in [-0.4, -0.2) is 6.71 Å². The molecule has 0 radical (unpaired) electrons. The molecule has 0 atom stereocenters. The number of hydrogen-bond donors (Lipinski definition) is 0. The summed E-state index contributed by atoms with van der Waals surface area (Å²) in [6.07, 6.45) is 2.29. The molecule has 9 aromatic carbocycles. The molecular weight excluding hydrogens is 928 g/mol. The Morgan fingerprint density at radius 1 is 0.377 bits per heavy atom. The SMILES string of the molecule is Cc1cc2c3c(c1)N(c1ccc(C(C)(C)C)cc1-c1cc(-c4ccccc4)cc(-c4ccccc4)c1)c1cc4c(cc1B3c1ccc(C(C)(C)c3ccccc3)cc1N2c1cccc(C(C)(C)C)c1)C(C)(C)CCC4(C)C. The average molecular weight is 1000 g/mol. The van der Waals surface area contributed by atoms with Gasteiger partial charge in [0.15, 0.2) is 0 Å². The third-order valence-corrected chi connectivity index (χ3v) is 17.9. The zero-order valence-corrected chi connectivity index (χ0v) is 47.9. The second-order valence-corrected chi connectivity index (χ2v) is 26.6. The Bertz CT molecular complexity index is 3700. The van der Waals surface area contributed by atoms with Crippen molar-refractivity contribution in [3.8, 4) is 33.4 Å². The summed E-state index contributed by atoms with van der Waals surface area (Å²) in [5, 5.41) is 0. The van der Waals surface area contributed by atoms with E-state index in [0.29, 0.717) is 0 Å². The molecule has 0 saturated carbocycles. The Kier molecular flexibility index (Phi) is 11.9. The molecule has 3 heteroatoms. The van der Waals surface area contributed by atoms with Crippen LogP contribution in [0.1, 0.15) is 135 Å². The molecule has 0 bridgehead atoms. The van der Waals surface area contributed by atoms with Gasteiger partial charge in [-0.15, -0.1) is 0 Å². The van der Waals surface area contributed by atoms with Gasteiger partial charge in [0.05, 0.1) is 5.69 Å². The maximum Gasteiger partial charge on any atom is 0.252 e. The van der Waals surface area contributed by atoms with Crippen LogP contribution in [0.5, 0.6) is 0 Å². The van der Waals surface area contributed by atoms with Crippen molar-refractivity contribution in [1.82, 2.24) is 0 Å². The first-order valence-electron chi connectivity index (χ1n) is 28.2. The highest BCUT2D eigenvalue weighted by atomic mass is 15.2. The summed E-state index contributed by atoms with van der Waals surface area (Å²) in [6, 6.07) is 74.8. The first kappa shape index (κ1) is 50.5. The lowest BCUT2D eigenvalue weighted by molar-refractivity contribution is 0.332. The Labute approximate surface area is 461 Å². The molecule has 2 aliphatic heterocycles. The van der Waals surface area contributed by atoms with E-state index in [0.717, 1.165) is 12.8 Å². The fourth-order valence-electron chi connectivity index (χ4n) is 13.1. The van der Waals surface area contributed by atoms with Gasteiger partial charge in [-0.25, -0.2) is 0 Å². The van der Waals surface area contributed by atoms with Crippen molar-refractivity contribution in [3.05, 3.63) is 233 Å². The summed E-state index contributed by atoms with van der Waals surface area (Å²) < 4.78 is 0. The highest BCUT2D eigenvalue weighted by Crippen LogP contribution is 2.53. The second kappa shape index (κ2) is 18.1. The quantitative estimate of drug-likeness (QED) is 0.147. The van der Waals surface area contributed by atoms with E-state index in [1.165, 1.54) is 123 Å². The molecule has 0 amide bonds. The minimum absolute atomic E-state index is 0.00557. The molecule has 0 saturated heterocycles. The van der Waals surface area contributed by atoms with Crippen molar-refractivity contribution >= 4 is 57.2 Å². The van der Waals surface area contributed by atoms with Crippen LogP contribution in [0.25, 0.3) is 33.4 Å². The van der Waals surface area contributed by atoms with Gasteiger partial charge in [-0.1, -0.05) is 210 Å². The predicted octanol–water partition coefficient (Wildman–Crippen LogP) is 18.3. The van der Waals surface area contributed by atoms with E-state index in [1.54, 1.807) is 0 Å². The van der Waals surface area contributed by atoms with Crippen LogP contribution in [0.2, 0.25) is 0 Å². The third kappa shape index (κ3) is 8.66. The number of nitrogens with zero attached hydrogens (tertiary/aromatic N) is 2. The fourth-order valence-corrected chi connectivity index (χ4v) is 13.1. The largest absolute Gasteiger partial charge is 0.311 e. The lowest BCUT2D eigenvalue weighted by Gasteiger charge is -2.48. The lowest BCUT2D eigenvalue weighted by Crippen LogP contribution is -2.62. The normalized spacial score (nSPS) is 15.4. The fraction of sp³-hybridized carbons (Fsp3) is 0.270. The van der Waals surface area contributed by atoms with Gasteiger partial charge < -0.3 is 9.80 Å². The van der Waals surface area contributed by atoms with Crippen LogP contribution < -0.4 is 26.2 Å². The van der Waals surface area contributed by atoms with Gasteiger partial charge >= 0.3 is 0 Å². The molecule has 3 aliphatic rings. The standard InChI is InChI=1S/C74H75BN2/c1-48-38-67-69-68(39-48)77(64-35-33-56(71(5,6)7)44-59(64)53-41-51(49-24-17-14-18-25-49)40-52(42-53)50-26-19-15-20-27-50)66-47-61-60(72(8,9)36-37-73(61,10)11)46-63(66)75(69)62-34-32-57(74(12,13)54-28-21-16-22-29-54)45-65(62)76(67)58-31-23-30-55(43-58)70(2,3)4/h14-35,38-47H,36-37H2,1-13H3. The van der Waals surface area contributed by atoms with Gasteiger partial charge in [0.1, 0.15) is 0 Å². The van der Waals surface area contributed by atoms with Crippen molar-refractivity contribution < 1.29 is 0 Å². The van der Waals surface area contributed by atoms with Crippen LogP contribution in [0.4, 0.5) is 34.1 Å². The van der Waals surface area contributed by atoms with Crippen molar-refractivity contribution in [2.24, 2.45) is 0 Å². The highest BCUT2D eigenvalue weighted by Gasteiger charge is 2.47. The molecule has 9 aromatic rings. The van der Waals surface area contributed by atoms with Gasteiger partial charge in [-0.05, 0) is 191 Å². The molecule has 0 N–H and O–H groups in total. The first-order chi connectivity index (χ1) is 36.6. The van der Waals surface area contributed by atoms with Crippen LogP contribution in [0.15, 0.2) is 194 Å². The van der Waals surface area contributed by atoms with Gasteiger partial charge in [-0.3, -0.25) is 0 Å². The highest BCUT2D eigenvalue weighted by molar-refractivity contribution is 7.00. The number of rotatable bonds is 7.